The number of hydrogen-bond acceptors (Lipinski definition) is 5. The van der Waals surface area contributed by atoms with Crippen molar-refractivity contribution in [1.82, 2.24) is 5.32 Å². The van der Waals surface area contributed by atoms with Crippen LogP contribution in [0.5, 0.6) is 0 Å². The lowest BCUT2D eigenvalue weighted by Crippen LogP contribution is -2.40. The molecule has 0 bridgehead atoms. The summed E-state index contributed by atoms with van der Waals surface area (Å²) in [5, 5.41) is 2.79. The molecular weight excluding hydrogens is 252 g/mol. The largest absolute Gasteiger partial charge is 0.446 e. The topological polar surface area (TPSA) is 99.9 Å². The van der Waals surface area contributed by atoms with Gasteiger partial charge in [-0.05, 0) is 25.7 Å². The molecule has 0 aliphatic heterocycles. The third kappa shape index (κ3) is 5.44. The molecule has 1 rings (SSSR count). The Labute approximate surface area is 112 Å². The molecule has 0 aromatic carbocycles. The second-order valence-electron chi connectivity index (χ2n) is 4.56. The molecule has 1 saturated carbocycles. The van der Waals surface area contributed by atoms with Crippen LogP contribution < -0.4 is 11.1 Å². The molecule has 7 nitrogen and oxygen atoms in total. The van der Waals surface area contributed by atoms with Gasteiger partial charge in [-0.3, -0.25) is 4.79 Å². The Balaban J connectivity index is 2.26. The number of nitrogens with one attached hydrogen (secondary N) is 1. The Morgan fingerprint density at radius 2 is 1.79 bits per heavy atom. The number of methoxy groups -OCH3 is 2. The molecule has 0 atom stereocenters. The third-order valence-electron chi connectivity index (χ3n) is 3.30. The van der Waals surface area contributed by atoms with Crippen LogP contribution in [0.1, 0.15) is 25.7 Å². The van der Waals surface area contributed by atoms with Crippen LogP contribution in [0.15, 0.2) is 0 Å². The maximum Gasteiger partial charge on any atom is 0.404 e. The number of primary amides is 1. The minimum Gasteiger partial charge on any atom is -0.446 e. The van der Waals surface area contributed by atoms with E-state index >= 15 is 0 Å². The maximum absolute atomic E-state index is 11.9. The van der Waals surface area contributed by atoms with Gasteiger partial charge in [0.25, 0.3) is 0 Å². The van der Waals surface area contributed by atoms with Crippen LogP contribution in [0, 0.1) is 5.92 Å². The molecular formula is C12H22N2O5. The van der Waals surface area contributed by atoms with Gasteiger partial charge in [0.15, 0.2) is 6.29 Å². The molecule has 1 aliphatic carbocycles. The SMILES string of the molecule is COC(CNC(=O)C1CCC(OC(N)=O)CC1)OC. The van der Waals surface area contributed by atoms with Crippen molar-refractivity contribution < 1.29 is 23.8 Å². The van der Waals surface area contributed by atoms with Gasteiger partial charge in [0.2, 0.25) is 5.91 Å². The van der Waals surface area contributed by atoms with Gasteiger partial charge in [-0.1, -0.05) is 0 Å². The lowest BCUT2D eigenvalue weighted by atomic mass is 9.87. The first-order chi connectivity index (χ1) is 9.06. The predicted octanol–water partition coefficient (Wildman–Crippen LogP) is 0.376. The van der Waals surface area contributed by atoms with Gasteiger partial charge < -0.3 is 25.3 Å². The van der Waals surface area contributed by atoms with Gasteiger partial charge in [0.1, 0.15) is 6.10 Å². The molecule has 2 amide bonds. The summed E-state index contributed by atoms with van der Waals surface area (Å²) in [5.74, 6) is -0.0706. The summed E-state index contributed by atoms with van der Waals surface area (Å²) < 4.78 is 14.9. The Kier molecular flexibility index (Phi) is 6.58. The zero-order valence-corrected chi connectivity index (χ0v) is 11.4. The fourth-order valence-corrected chi connectivity index (χ4v) is 2.20. The average Bonchev–Trinajstić information content (AvgIpc) is 2.39. The number of carbonyl (C=O) groups is 2. The van der Waals surface area contributed by atoms with E-state index in [-0.39, 0.29) is 17.9 Å². The monoisotopic (exact) mass is 274 g/mol. The van der Waals surface area contributed by atoms with Crippen LogP contribution in [-0.2, 0) is 19.0 Å². The number of ether oxygens (including phenoxy) is 3. The molecule has 19 heavy (non-hydrogen) atoms. The Morgan fingerprint density at radius 1 is 1.21 bits per heavy atom. The minimum atomic E-state index is -0.754. The van der Waals surface area contributed by atoms with Crippen LogP contribution in [0.25, 0.3) is 0 Å². The summed E-state index contributed by atoms with van der Waals surface area (Å²) in [6.45, 7) is 0.323. The quantitative estimate of drug-likeness (QED) is 0.682. The zero-order chi connectivity index (χ0) is 14.3. The van der Waals surface area contributed by atoms with Crippen molar-refractivity contribution in [3.8, 4) is 0 Å². The molecule has 0 unspecified atom stereocenters. The average molecular weight is 274 g/mol. The highest BCUT2D eigenvalue weighted by molar-refractivity contribution is 5.78. The first kappa shape index (κ1) is 15.7. The fraction of sp³-hybridized carbons (Fsp3) is 0.833. The summed E-state index contributed by atoms with van der Waals surface area (Å²) >= 11 is 0. The normalized spacial score (nSPS) is 23.1. The number of rotatable bonds is 6. The lowest BCUT2D eigenvalue weighted by Gasteiger charge is -2.27. The van der Waals surface area contributed by atoms with Crippen LogP contribution in [0.3, 0.4) is 0 Å². The van der Waals surface area contributed by atoms with Gasteiger partial charge in [0.05, 0.1) is 6.54 Å². The standard InChI is InChI=1S/C12H22N2O5/c1-17-10(18-2)7-14-11(15)8-3-5-9(6-4-8)19-12(13)16/h8-10H,3-7H2,1-2H3,(H2,13,16)(H,14,15). The van der Waals surface area contributed by atoms with Crippen LogP contribution in [-0.4, -0.2) is 45.2 Å². The van der Waals surface area contributed by atoms with E-state index in [1.807, 2.05) is 0 Å². The number of carbonyl (C=O) groups excluding carboxylic acids is 2. The number of hydrogen-bond donors (Lipinski definition) is 2. The van der Waals surface area contributed by atoms with E-state index in [0.717, 1.165) is 0 Å². The third-order valence-corrected chi connectivity index (χ3v) is 3.30. The Bertz CT molecular complexity index is 298. The van der Waals surface area contributed by atoms with E-state index in [2.05, 4.69) is 5.32 Å². The van der Waals surface area contributed by atoms with Crippen molar-refractivity contribution in [3.63, 3.8) is 0 Å². The smallest absolute Gasteiger partial charge is 0.404 e. The Hall–Kier alpha value is -1.34. The lowest BCUT2D eigenvalue weighted by molar-refractivity contribution is -0.132. The summed E-state index contributed by atoms with van der Waals surface area (Å²) in [6, 6.07) is 0. The highest BCUT2D eigenvalue weighted by Gasteiger charge is 2.28. The van der Waals surface area contributed by atoms with E-state index in [0.29, 0.717) is 32.2 Å². The second kappa shape index (κ2) is 7.96. The van der Waals surface area contributed by atoms with Gasteiger partial charge >= 0.3 is 6.09 Å². The van der Waals surface area contributed by atoms with E-state index < -0.39 is 12.4 Å². The molecule has 0 aromatic heterocycles. The van der Waals surface area contributed by atoms with E-state index in [1.165, 1.54) is 14.2 Å². The molecule has 0 aromatic rings. The molecule has 3 N–H and O–H groups in total. The summed E-state index contributed by atoms with van der Waals surface area (Å²) in [6.07, 6.45) is 1.36. The van der Waals surface area contributed by atoms with Crippen molar-refractivity contribution in [2.75, 3.05) is 20.8 Å². The van der Waals surface area contributed by atoms with E-state index in [1.54, 1.807) is 0 Å². The maximum atomic E-state index is 11.9. The summed E-state index contributed by atoms with van der Waals surface area (Å²) in [4.78, 5) is 22.5. The minimum absolute atomic E-state index is 0.0170. The molecule has 7 heteroatoms. The molecule has 0 saturated heterocycles. The number of amides is 2. The van der Waals surface area contributed by atoms with Crippen molar-refractivity contribution in [2.45, 2.75) is 38.1 Å². The highest BCUT2D eigenvalue weighted by Crippen LogP contribution is 2.26. The van der Waals surface area contributed by atoms with E-state index in [4.69, 9.17) is 19.9 Å². The first-order valence-electron chi connectivity index (χ1n) is 6.36. The van der Waals surface area contributed by atoms with Crippen molar-refractivity contribution >= 4 is 12.0 Å². The predicted molar refractivity (Wildman–Crippen MR) is 67.2 cm³/mol. The Morgan fingerprint density at radius 3 is 2.26 bits per heavy atom. The van der Waals surface area contributed by atoms with Crippen molar-refractivity contribution in [3.05, 3.63) is 0 Å². The van der Waals surface area contributed by atoms with Crippen LogP contribution in [0.4, 0.5) is 4.79 Å². The molecule has 1 fully saturated rings. The molecule has 0 radical (unpaired) electrons. The van der Waals surface area contributed by atoms with Gasteiger partial charge in [0, 0.05) is 20.1 Å². The van der Waals surface area contributed by atoms with Crippen molar-refractivity contribution in [1.29, 1.82) is 0 Å². The summed E-state index contributed by atoms with van der Waals surface area (Å²) in [5.41, 5.74) is 4.96. The van der Waals surface area contributed by atoms with Gasteiger partial charge in [-0.25, -0.2) is 4.79 Å². The molecule has 0 heterocycles. The van der Waals surface area contributed by atoms with Crippen molar-refractivity contribution in [2.24, 2.45) is 11.7 Å². The molecule has 1 aliphatic rings. The number of nitrogens with two attached hydrogens (primary N) is 1. The molecule has 110 valence electrons. The summed E-state index contributed by atoms with van der Waals surface area (Å²) in [7, 11) is 3.04. The first-order valence-corrected chi connectivity index (χ1v) is 6.36. The van der Waals surface area contributed by atoms with Crippen LogP contribution in [0.2, 0.25) is 0 Å². The van der Waals surface area contributed by atoms with Gasteiger partial charge in [-0.2, -0.15) is 0 Å². The molecule has 0 spiro atoms. The fourth-order valence-electron chi connectivity index (χ4n) is 2.20. The highest BCUT2D eigenvalue weighted by atomic mass is 16.7. The van der Waals surface area contributed by atoms with Gasteiger partial charge in [-0.15, -0.1) is 0 Å². The zero-order valence-electron chi connectivity index (χ0n) is 11.4. The van der Waals surface area contributed by atoms with E-state index in [9.17, 15) is 9.59 Å². The van der Waals surface area contributed by atoms with Crippen LogP contribution >= 0.6 is 0 Å². The second-order valence-corrected chi connectivity index (χ2v) is 4.56.